The van der Waals surface area contributed by atoms with Crippen molar-refractivity contribution in [3.8, 4) is 0 Å². The zero-order chi connectivity index (χ0) is 13.8. The van der Waals surface area contributed by atoms with Crippen molar-refractivity contribution in [2.45, 2.75) is 19.7 Å². The molecular formula is C16H16ClNO. The first-order valence-electron chi connectivity index (χ1n) is 6.13. The van der Waals surface area contributed by atoms with Crippen LogP contribution in [0.4, 0.5) is 5.69 Å². The minimum atomic E-state index is -0.112. The zero-order valence-corrected chi connectivity index (χ0v) is 11.8. The molecule has 2 nitrogen and oxygen atoms in total. The second-order valence-electron chi connectivity index (χ2n) is 4.61. The molecule has 0 saturated heterocycles. The van der Waals surface area contributed by atoms with Crippen molar-refractivity contribution < 1.29 is 4.79 Å². The number of hydrogen-bond donors (Lipinski definition) is 1. The van der Waals surface area contributed by atoms with Crippen molar-refractivity contribution in [3.05, 3.63) is 64.7 Å². The summed E-state index contributed by atoms with van der Waals surface area (Å²) in [7, 11) is 0. The van der Waals surface area contributed by atoms with Gasteiger partial charge < -0.3 is 5.32 Å². The van der Waals surface area contributed by atoms with Crippen LogP contribution in [0.25, 0.3) is 0 Å². The second kappa shape index (κ2) is 5.89. The Labute approximate surface area is 118 Å². The lowest BCUT2D eigenvalue weighted by Crippen LogP contribution is -2.13. The van der Waals surface area contributed by atoms with Gasteiger partial charge in [0.25, 0.3) is 5.91 Å². The third-order valence-corrected chi connectivity index (χ3v) is 3.28. The first kappa shape index (κ1) is 13.6. The Bertz CT molecular complexity index is 607. The lowest BCUT2D eigenvalue weighted by atomic mass is 10.1. The predicted octanol–water partition coefficient (Wildman–Crippen LogP) is 4.29. The van der Waals surface area contributed by atoms with E-state index in [1.807, 2.05) is 50.2 Å². The number of carbonyl (C=O) groups excluding carboxylic acids is 1. The van der Waals surface area contributed by atoms with E-state index in [0.717, 1.165) is 16.8 Å². The fourth-order valence-electron chi connectivity index (χ4n) is 1.94. The summed E-state index contributed by atoms with van der Waals surface area (Å²) in [5.74, 6) is 0.295. The first-order valence-corrected chi connectivity index (χ1v) is 6.67. The van der Waals surface area contributed by atoms with Crippen molar-refractivity contribution in [2.24, 2.45) is 0 Å². The van der Waals surface area contributed by atoms with Crippen molar-refractivity contribution >= 4 is 23.2 Å². The maximum atomic E-state index is 12.2. The molecular weight excluding hydrogens is 258 g/mol. The van der Waals surface area contributed by atoms with Crippen LogP contribution in [0.1, 0.15) is 27.0 Å². The van der Waals surface area contributed by atoms with Crippen molar-refractivity contribution in [3.63, 3.8) is 0 Å². The number of benzene rings is 2. The molecule has 1 amide bonds. The van der Waals surface area contributed by atoms with Crippen LogP contribution in [0.3, 0.4) is 0 Å². The molecule has 1 N–H and O–H groups in total. The van der Waals surface area contributed by atoms with E-state index in [1.54, 1.807) is 6.07 Å². The Morgan fingerprint density at radius 3 is 2.63 bits per heavy atom. The van der Waals surface area contributed by atoms with Gasteiger partial charge >= 0.3 is 0 Å². The SMILES string of the molecule is Cc1ccc(NC(=O)c2cccc(CCl)c2)c(C)c1. The number of amides is 1. The summed E-state index contributed by atoms with van der Waals surface area (Å²) in [5.41, 5.74) is 4.64. The summed E-state index contributed by atoms with van der Waals surface area (Å²) in [6, 6.07) is 13.3. The minimum absolute atomic E-state index is 0.112. The van der Waals surface area contributed by atoms with Gasteiger partial charge in [-0.3, -0.25) is 4.79 Å². The Hall–Kier alpha value is -1.80. The molecule has 2 rings (SSSR count). The van der Waals surface area contributed by atoms with E-state index in [2.05, 4.69) is 5.32 Å². The molecule has 0 aliphatic carbocycles. The molecule has 0 bridgehead atoms. The van der Waals surface area contributed by atoms with Gasteiger partial charge in [-0.25, -0.2) is 0 Å². The van der Waals surface area contributed by atoms with Crippen LogP contribution in [0, 0.1) is 13.8 Å². The van der Waals surface area contributed by atoms with Crippen LogP contribution in [-0.4, -0.2) is 5.91 Å². The van der Waals surface area contributed by atoms with E-state index in [1.165, 1.54) is 5.56 Å². The van der Waals surface area contributed by atoms with Crippen molar-refractivity contribution in [1.82, 2.24) is 0 Å². The summed E-state index contributed by atoms with van der Waals surface area (Å²) in [6.45, 7) is 4.01. The maximum absolute atomic E-state index is 12.2. The fourth-order valence-corrected chi connectivity index (χ4v) is 2.11. The Balaban J connectivity index is 2.20. The highest BCUT2D eigenvalue weighted by atomic mass is 35.5. The molecule has 3 heteroatoms. The van der Waals surface area contributed by atoms with Crippen LogP contribution in [0.5, 0.6) is 0 Å². The number of hydrogen-bond acceptors (Lipinski definition) is 1. The average molecular weight is 274 g/mol. The highest BCUT2D eigenvalue weighted by Gasteiger charge is 2.08. The van der Waals surface area contributed by atoms with Crippen LogP contribution >= 0.6 is 11.6 Å². The van der Waals surface area contributed by atoms with Gasteiger partial charge in [0.15, 0.2) is 0 Å². The number of halogens is 1. The Morgan fingerprint density at radius 2 is 1.95 bits per heavy atom. The summed E-state index contributed by atoms with van der Waals surface area (Å²) in [6.07, 6.45) is 0. The molecule has 0 fully saturated rings. The molecule has 0 heterocycles. The first-order chi connectivity index (χ1) is 9.10. The second-order valence-corrected chi connectivity index (χ2v) is 4.87. The third kappa shape index (κ3) is 3.36. The molecule has 0 aliphatic heterocycles. The largest absolute Gasteiger partial charge is 0.322 e. The number of rotatable bonds is 3. The zero-order valence-electron chi connectivity index (χ0n) is 11.0. The predicted molar refractivity (Wildman–Crippen MR) is 79.9 cm³/mol. The Kier molecular flexibility index (Phi) is 4.23. The number of aryl methyl sites for hydroxylation is 2. The van der Waals surface area contributed by atoms with Crippen LogP contribution < -0.4 is 5.32 Å². The van der Waals surface area contributed by atoms with Gasteiger partial charge in [-0.05, 0) is 43.2 Å². The summed E-state index contributed by atoms with van der Waals surface area (Å²) < 4.78 is 0. The number of anilines is 1. The van der Waals surface area contributed by atoms with E-state index in [4.69, 9.17) is 11.6 Å². The lowest BCUT2D eigenvalue weighted by Gasteiger charge is -2.09. The molecule has 0 unspecified atom stereocenters. The van der Waals surface area contributed by atoms with Gasteiger partial charge in [0.1, 0.15) is 0 Å². The average Bonchev–Trinajstić information content (AvgIpc) is 2.42. The van der Waals surface area contributed by atoms with Gasteiger partial charge in [0, 0.05) is 17.1 Å². The standard InChI is InChI=1S/C16H16ClNO/c1-11-6-7-15(12(2)8-11)18-16(19)14-5-3-4-13(9-14)10-17/h3-9H,10H2,1-2H3,(H,18,19). The summed E-state index contributed by atoms with van der Waals surface area (Å²) in [5, 5.41) is 2.92. The number of nitrogens with one attached hydrogen (secondary N) is 1. The van der Waals surface area contributed by atoms with Crippen molar-refractivity contribution in [2.75, 3.05) is 5.32 Å². The van der Waals surface area contributed by atoms with Gasteiger partial charge in [0.05, 0.1) is 0 Å². The molecule has 2 aromatic rings. The highest BCUT2D eigenvalue weighted by Crippen LogP contribution is 2.17. The third-order valence-electron chi connectivity index (χ3n) is 2.97. The fraction of sp³-hybridized carbons (Fsp3) is 0.188. The van der Waals surface area contributed by atoms with E-state index >= 15 is 0 Å². The van der Waals surface area contributed by atoms with Gasteiger partial charge in [-0.15, -0.1) is 11.6 Å². The molecule has 0 saturated carbocycles. The maximum Gasteiger partial charge on any atom is 0.255 e. The summed E-state index contributed by atoms with van der Waals surface area (Å²) >= 11 is 5.77. The molecule has 0 aromatic heterocycles. The molecule has 0 spiro atoms. The smallest absolute Gasteiger partial charge is 0.255 e. The Morgan fingerprint density at radius 1 is 1.16 bits per heavy atom. The summed E-state index contributed by atoms with van der Waals surface area (Å²) in [4.78, 5) is 12.2. The number of alkyl halides is 1. The van der Waals surface area contributed by atoms with Gasteiger partial charge in [-0.2, -0.15) is 0 Å². The lowest BCUT2D eigenvalue weighted by molar-refractivity contribution is 0.102. The van der Waals surface area contributed by atoms with E-state index in [9.17, 15) is 4.79 Å². The van der Waals surface area contributed by atoms with Crippen molar-refractivity contribution in [1.29, 1.82) is 0 Å². The molecule has 0 radical (unpaired) electrons. The van der Waals surface area contributed by atoms with Crippen LogP contribution in [0.2, 0.25) is 0 Å². The quantitative estimate of drug-likeness (QED) is 0.830. The van der Waals surface area contributed by atoms with Gasteiger partial charge in [0.2, 0.25) is 0 Å². The highest BCUT2D eigenvalue weighted by molar-refractivity contribution is 6.17. The van der Waals surface area contributed by atoms with Crippen LogP contribution in [0.15, 0.2) is 42.5 Å². The monoisotopic (exact) mass is 273 g/mol. The number of carbonyl (C=O) groups is 1. The topological polar surface area (TPSA) is 29.1 Å². The molecule has 2 aromatic carbocycles. The normalized spacial score (nSPS) is 10.3. The van der Waals surface area contributed by atoms with Crippen LogP contribution in [-0.2, 0) is 5.88 Å². The van der Waals surface area contributed by atoms with Gasteiger partial charge in [-0.1, -0.05) is 29.8 Å². The van der Waals surface area contributed by atoms with E-state index < -0.39 is 0 Å². The molecule has 19 heavy (non-hydrogen) atoms. The molecule has 98 valence electrons. The molecule has 0 aliphatic rings. The van der Waals surface area contributed by atoms with E-state index in [0.29, 0.717) is 11.4 Å². The minimum Gasteiger partial charge on any atom is -0.322 e. The van der Waals surface area contributed by atoms with E-state index in [-0.39, 0.29) is 5.91 Å². The molecule has 0 atom stereocenters.